The Bertz CT molecular complexity index is 985. The van der Waals surface area contributed by atoms with Gasteiger partial charge in [-0.2, -0.15) is 5.10 Å². The van der Waals surface area contributed by atoms with Gasteiger partial charge in [-0.15, -0.1) is 11.3 Å². The number of nitro groups is 1. The van der Waals surface area contributed by atoms with Crippen LogP contribution >= 0.6 is 34.5 Å². The predicted octanol–water partition coefficient (Wildman–Crippen LogP) is 4.01. The lowest BCUT2D eigenvalue weighted by Gasteiger charge is -2.02. The lowest BCUT2D eigenvalue weighted by molar-refractivity contribution is -0.385. The van der Waals surface area contributed by atoms with E-state index in [0.717, 1.165) is 16.4 Å². The molecule has 0 aliphatic rings. The first-order valence-electron chi connectivity index (χ1n) is 6.75. The molecule has 2 heterocycles. The fraction of sp³-hybridized carbons (Fsp3) is 0.0714. The van der Waals surface area contributed by atoms with Gasteiger partial charge >= 0.3 is 5.69 Å². The molecule has 1 amide bonds. The Kier molecular flexibility index (Phi) is 4.71. The van der Waals surface area contributed by atoms with Gasteiger partial charge in [-0.1, -0.05) is 29.3 Å². The Hall–Kier alpha value is -2.49. The maximum atomic E-state index is 12.3. The number of carbonyl (C=O) groups excluding carboxylic acids is 1. The lowest BCUT2D eigenvalue weighted by atomic mass is 10.2. The Morgan fingerprint density at radius 3 is 2.80 bits per heavy atom. The fourth-order valence-electron chi connectivity index (χ4n) is 2.10. The van der Waals surface area contributed by atoms with Crippen LogP contribution in [0.4, 0.5) is 10.8 Å². The average molecular weight is 398 g/mol. The van der Waals surface area contributed by atoms with E-state index >= 15 is 0 Å². The third-order valence-electron chi connectivity index (χ3n) is 3.27. The van der Waals surface area contributed by atoms with Crippen LogP contribution in [-0.2, 0) is 7.05 Å². The first-order chi connectivity index (χ1) is 11.9. The number of aryl methyl sites for hydroxylation is 1. The minimum Gasteiger partial charge on any atom is -0.296 e. The molecule has 3 rings (SSSR count). The maximum Gasteiger partial charge on any atom is 0.320 e. The zero-order valence-corrected chi connectivity index (χ0v) is 14.9. The minimum atomic E-state index is -0.665. The lowest BCUT2D eigenvalue weighted by Crippen LogP contribution is -2.17. The van der Waals surface area contributed by atoms with E-state index in [1.165, 1.54) is 18.4 Å². The van der Waals surface area contributed by atoms with Crippen molar-refractivity contribution in [2.75, 3.05) is 5.32 Å². The van der Waals surface area contributed by atoms with Crippen molar-refractivity contribution < 1.29 is 9.72 Å². The van der Waals surface area contributed by atoms with Gasteiger partial charge in [0.15, 0.2) is 5.13 Å². The van der Waals surface area contributed by atoms with Gasteiger partial charge in [-0.25, -0.2) is 4.98 Å². The molecule has 8 nitrogen and oxygen atoms in total. The van der Waals surface area contributed by atoms with Crippen molar-refractivity contribution in [2.45, 2.75) is 0 Å². The van der Waals surface area contributed by atoms with Crippen molar-refractivity contribution in [1.29, 1.82) is 0 Å². The van der Waals surface area contributed by atoms with Crippen LogP contribution in [-0.4, -0.2) is 25.6 Å². The number of nitrogens with one attached hydrogen (secondary N) is 1. The summed E-state index contributed by atoms with van der Waals surface area (Å²) in [5.74, 6) is -0.665. The van der Waals surface area contributed by atoms with E-state index in [0.29, 0.717) is 20.9 Å². The van der Waals surface area contributed by atoms with Crippen molar-refractivity contribution >= 4 is 51.3 Å². The maximum absolute atomic E-state index is 12.3. The molecule has 3 aromatic rings. The summed E-state index contributed by atoms with van der Waals surface area (Å²) in [6.45, 7) is 0. The standard InChI is InChI=1S/C14H9Cl2N5O3S/c1-20-12(11(5-17-20)21(23)24)13(22)19-14-18-10(6-25-14)7-2-3-8(15)9(16)4-7/h2-6H,1H3,(H,18,19,22). The van der Waals surface area contributed by atoms with E-state index in [2.05, 4.69) is 15.4 Å². The molecule has 0 aliphatic carbocycles. The van der Waals surface area contributed by atoms with Gasteiger partial charge in [-0.3, -0.25) is 24.9 Å². The second-order valence-corrected chi connectivity index (χ2v) is 6.55. The number of rotatable bonds is 4. The second kappa shape index (κ2) is 6.79. The molecule has 25 heavy (non-hydrogen) atoms. The number of amides is 1. The third kappa shape index (κ3) is 3.48. The number of hydrogen-bond acceptors (Lipinski definition) is 6. The predicted molar refractivity (Wildman–Crippen MR) is 95.4 cm³/mol. The second-order valence-electron chi connectivity index (χ2n) is 4.88. The molecule has 1 N–H and O–H groups in total. The molecular formula is C14H9Cl2N5O3S. The van der Waals surface area contributed by atoms with E-state index in [-0.39, 0.29) is 11.4 Å². The van der Waals surface area contributed by atoms with Gasteiger partial charge < -0.3 is 0 Å². The van der Waals surface area contributed by atoms with E-state index in [4.69, 9.17) is 23.2 Å². The number of benzene rings is 1. The highest BCUT2D eigenvalue weighted by atomic mass is 35.5. The van der Waals surface area contributed by atoms with Crippen LogP contribution in [0.3, 0.4) is 0 Å². The fourth-order valence-corrected chi connectivity index (χ4v) is 3.11. The van der Waals surface area contributed by atoms with Crippen molar-refractivity contribution in [3.8, 4) is 11.3 Å². The molecule has 0 fully saturated rings. The van der Waals surface area contributed by atoms with Crippen LogP contribution in [0.5, 0.6) is 0 Å². The Morgan fingerprint density at radius 1 is 1.36 bits per heavy atom. The molecule has 0 radical (unpaired) electrons. The number of thiazole rings is 1. The van der Waals surface area contributed by atoms with E-state index < -0.39 is 10.8 Å². The van der Waals surface area contributed by atoms with Crippen LogP contribution in [0.15, 0.2) is 29.8 Å². The summed E-state index contributed by atoms with van der Waals surface area (Å²) in [5, 5.41) is 20.1. The highest BCUT2D eigenvalue weighted by Gasteiger charge is 2.26. The molecule has 0 saturated carbocycles. The zero-order chi connectivity index (χ0) is 18.1. The average Bonchev–Trinajstić information content (AvgIpc) is 3.16. The van der Waals surface area contributed by atoms with Gasteiger partial charge in [-0.05, 0) is 12.1 Å². The first-order valence-corrected chi connectivity index (χ1v) is 8.39. The molecule has 128 valence electrons. The zero-order valence-electron chi connectivity index (χ0n) is 12.6. The molecule has 2 aromatic heterocycles. The third-order valence-corrected chi connectivity index (χ3v) is 4.77. The molecule has 0 unspecified atom stereocenters. The van der Waals surface area contributed by atoms with Gasteiger partial charge in [0.05, 0.1) is 20.7 Å². The highest BCUT2D eigenvalue weighted by molar-refractivity contribution is 7.14. The van der Waals surface area contributed by atoms with Gasteiger partial charge in [0, 0.05) is 18.0 Å². The summed E-state index contributed by atoms with van der Waals surface area (Å²) < 4.78 is 1.14. The topological polar surface area (TPSA) is 103 Å². The first kappa shape index (κ1) is 17.3. The summed E-state index contributed by atoms with van der Waals surface area (Å²) in [5.41, 5.74) is 0.800. The van der Waals surface area contributed by atoms with E-state index in [1.807, 2.05) is 0 Å². The van der Waals surface area contributed by atoms with Crippen molar-refractivity contribution in [3.63, 3.8) is 0 Å². The van der Waals surface area contributed by atoms with Crippen LogP contribution in [0.25, 0.3) is 11.3 Å². The summed E-state index contributed by atoms with van der Waals surface area (Å²) >= 11 is 13.1. The minimum absolute atomic E-state index is 0.156. The molecule has 0 atom stereocenters. The van der Waals surface area contributed by atoms with E-state index in [9.17, 15) is 14.9 Å². The number of carbonyl (C=O) groups is 1. The number of hydrogen-bond donors (Lipinski definition) is 1. The smallest absolute Gasteiger partial charge is 0.296 e. The summed E-state index contributed by atoms with van der Waals surface area (Å²) in [4.78, 5) is 26.9. The Balaban J connectivity index is 1.84. The normalized spacial score (nSPS) is 10.7. The largest absolute Gasteiger partial charge is 0.320 e. The molecular weight excluding hydrogens is 389 g/mol. The molecule has 0 saturated heterocycles. The number of aromatic nitrogens is 3. The Labute approximate surface area is 155 Å². The van der Waals surface area contributed by atoms with Crippen LogP contribution in [0.1, 0.15) is 10.5 Å². The number of halogens is 2. The van der Waals surface area contributed by atoms with Gasteiger partial charge in [0.1, 0.15) is 6.20 Å². The van der Waals surface area contributed by atoms with Crippen molar-refractivity contribution in [1.82, 2.24) is 14.8 Å². The van der Waals surface area contributed by atoms with Crippen LogP contribution < -0.4 is 5.32 Å². The highest BCUT2D eigenvalue weighted by Crippen LogP contribution is 2.30. The summed E-state index contributed by atoms with van der Waals surface area (Å²) in [6.07, 6.45) is 1.03. The van der Waals surface area contributed by atoms with Crippen LogP contribution in [0.2, 0.25) is 10.0 Å². The van der Waals surface area contributed by atoms with Gasteiger partial charge in [0.25, 0.3) is 5.91 Å². The number of nitrogens with zero attached hydrogens (tertiary/aromatic N) is 4. The van der Waals surface area contributed by atoms with Gasteiger partial charge in [0.2, 0.25) is 5.69 Å². The molecule has 0 bridgehead atoms. The van der Waals surface area contributed by atoms with Crippen LogP contribution in [0, 0.1) is 10.1 Å². The SMILES string of the molecule is Cn1ncc([N+](=O)[O-])c1C(=O)Nc1nc(-c2ccc(Cl)c(Cl)c2)cs1. The quantitative estimate of drug-likeness (QED) is 0.528. The molecule has 0 aliphatic heterocycles. The number of anilines is 1. The van der Waals surface area contributed by atoms with Crippen molar-refractivity contribution in [3.05, 3.63) is 55.6 Å². The molecule has 0 spiro atoms. The van der Waals surface area contributed by atoms with Crippen molar-refractivity contribution in [2.24, 2.45) is 7.05 Å². The summed E-state index contributed by atoms with van der Waals surface area (Å²) in [7, 11) is 1.45. The monoisotopic (exact) mass is 397 g/mol. The molecule has 1 aromatic carbocycles. The molecule has 11 heteroatoms. The van der Waals surface area contributed by atoms with E-state index in [1.54, 1.807) is 23.6 Å². The Morgan fingerprint density at radius 2 is 2.12 bits per heavy atom. The summed E-state index contributed by atoms with van der Waals surface area (Å²) in [6, 6.07) is 5.06.